The molecule has 0 atom stereocenters. The van der Waals surface area contributed by atoms with Crippen molar-refractivity contribution in [1.82, 2.24) is 15.1 Å². The van der Waals surface area contributed by atoms with Gasteiger partial charge in [-0.2, -0.15) is 5.10 Å². The van der Waals surface area contributed by atoms with Crippen molar-refractivity contribution in [3.8, 4) is 22.8 Å². The lowest BCUT2D eigenvalue weighted by Crippen LogP contribution is -2.29. The highest BCUT2D eigenvalue weighted by Gasteiger charge is 2.28. The molecule has 0 saturated carbocycles. The molecule has 0 amide bonds. The molecule has 162 valence electrons. The largest absolute Gasteiger partial charge is 0.493 e. The van der Waals surface area contributed by atoms with E-state index in [9.17, 15) is 10.1 Å². The normalized spacial score (nSPS) is 13.8. The monoisotopic (exact) mass is 422 g/mol. The molecule has 0 bridgehead atoms. The molecule has 1 aliphatic rings. The van der Waals surface area contributed by atoms with Crippen LogP contribution >= 0.6 is 0 Å². The summed E-state index contributed by atoms with van der Waals surface area (Å²) in [6.45, 7) is 6.13. The molecule has 1 aromatic heterocycles. The van der Waals surface area contributed by atoms with Crippen LogP contribution in [-0.4, -0.2) is 39.8 Å². The number of nitro groups is 1. The molecule has 1 aliphatic heterocycles. The van der Waals surface area contributed by atoms with Crippen molar-refractivity contribution < 1.29 is 14.4 Å². The number of hydrogen-bond acceptors (Lipinski definition) is 6. The maximum absolute atomic E-state index is 11.8. The van der Waals surface area contributed by atoms with Crippen molar-refractivity contribution in [2.24, 2.45) is 0 Å². The Bertz CT molecular complexity index is 1080. The Hall–Kier alpha value is -3.39. The Balaban J connectivity index is 1.69. The Kier molecular flexibility index (Phi) is 5.90. The van der Waals surface area contributed by atoms with Crippen LogP contribution in [0.25, 0.3) is 11.3 Å². The summed E-state index contributed by atoms with van der Waals surface area (Å²) in [5.41, 5.74) is 4.61. The van der Waals surface area contributed by atoms with Crippen LogP contribution in [0, 0.1) is 10.1 Å². The molecular weight excluding hydrogens is 396 g/mol. The van der Waals surface area contributed by atoms with Gasteiger partial charge in [-0.3, -0.25) is 20.1 Å². The number of nitrogens with one attached hydrogen (secondary N) is 1. The van der Waals surface area contributed by atoms with Crippen LogP contribution in [0.1, 0.15) is 30.7 Å². The minimum Gasteiger partial charge on any atom is -0.493 e. The Morgan fingerprint density at radius 2 is 2.03 bits per heavy atom. The third-order valence-electron chi connectivity index (χ3n) is 5.34. The van der Waals surface area contributed by atoms with Gasteiger partial charge >= 0.3 is 5.69 Å². The van der Waals surface area contributed by atoms with Crippen LogP contribution in [0.5, 0.6) is 11.5 Å². The first-order valence-corrected chi connectivity index (χ1v) is 10.3. The summed E-state index contributed by atoms with van der Waals surface area (Å²) in [5.74, 6) is 0.466. The fraction of sp³-hybridized carbons (Fsp3) is 0.348. The minimum absolute atomic E-state index is 0.128. The predicted molar refractivity (Wildman–Crippen MR) is 117 cm³/mol. The predicted octanol–water partition coefficient (Wildman–Crippen LogP) is 4.34. The number of methoxy groups -OCH3 is 1. The molecule has 0 saturated heterocycles. The second-order valence-corrected chi connectivity index (χ2v) is 7.93. The van der Waals surface area contributed by atoms with E-state index in [1.807, 2.05) is 32.0 Å². The molecule has 0 radical (unpaired) electrons. The number of H-pyrrole nitrogens is 1. The lowest BCUT2D eigenvalue weighted by molar-refractivity contribution is -0.386. The second kappa shape index (κ2) is 8.77. The minimum atomic E-state index is -0.440. The summed E-state index contributed by atoms with van der Waals surface area (Å²) < 4.78 is 11.1. The van der Waals surface area contributed by atoms with Gasteiger partial charge in [0.15, 0.2) is 5.75 Å². The summed E-state index contributed by atoms with van der Waals surface area (Å²) >= 11 is 0. The molecule has 0 spiro atoms. The lowest BCUT2D eigenvalue weighted by atomic mass is 9.99. The standard InChI is InChI=1S/C23H26N4O4/c1-15(2)31-23-20(27(28)29)11-17(12-21(23)30-3)22-18-14-26(10-9-19(18)24-25-22)13-16-7-5-4-6-8-16/h4-8,11-12,15H,9-10,13-14H2,1-3H3,(H,24,25). The summed E-state index contributed by atoms with van der Waals surface area (Å²) in [6.07, 6.45) is 0.631. The van der Waals surface area contributed by atoms with Crippen LogP contribution in [0.15, 0.2) is 42.5 Å². The van der Waals surface area contributed by atoms with Gasteiger partial charge in [0, 0.05) is 48.9 Å². The topological polar surface area (TPSA) is 93.5 Å². The molecule has 3 aromatic rings. The molecule has 4 rings (SSSR count). The summed E-state index contributed by atoms with van der Waals surface area (Å²) in [4.78, 5) is 13.7. The van der Waals surface area contributed by atoms with Crippen LogP contribution in [0.4, 0.5) is 5.69 Å². The van der Waals surface area contributed by atoms with E-state index in [4.69, 9.17) is 9.47 Å². The van der Waals surface area contributed by atoms with Gasteiger partial charge in [-0.1, -0.05) is 30.3 Å². The highest BCUT2D eigenvalue weighted by atomic mass is 16.6. The first-order valence-electron chi connectivity index (χ1n) is 10.3. The summed E-state index contributed by atoms with van der Waals surface area (Å²) in [6, 6.07) is 13.6. The van der Waals surface area contributed by atoms with Gasteiger partial charge in [-0.15, -0.1) is 0 Å². The van der Waals surface area contributed by atoms with E-state index >= 15 is 0 Å². The van der Waals surface area contributed by atoms with Crippen molar-refractivity contribution in [2.75, 3.05) is 13.7 Å². The Labute approximate surface area is 180 Å². The molecule has 8 heteroatoms. The lowest BCUT2D eigenvalue weighted by Gasteiger charge is -2.27. The van der Waals surface area contributed by atoms with E-state index in [1.165, 1.54) is 18.7 Å². The van der Waals surface area contributed by atoms with Crippen LogP contribution in [0.3, 0.4) is 0 Å². The SMILES string of the molecule is COc1cc(-c2n[nH]c3c2CN(Cc2ccccc2)CC3)cc([N+](=O)[O-])c1OC(C)C. The summed E-state index contributed by atoms with van der Waals surface area (Å²) in [5, 5.41) is 19.4. The first kappa shape index (κ1) is 20.9. The van der Waals surface area contributed by atoms with Crippen molar-refractivity contribution in [1.29, 1.82) is 0 Å². The molecule has 2 aromatic carbocycles. The molecular formula is C23H26N4O4. The molecule has 0 fully saturated rings. The number of hydrogen-bond donors (Lipinski definition) is 1. The van der Waals surface area contributed by atoms with Gasteiger partial charge in [-0.25, -0.2) is 0 Å². The first-order chi connectivity index (χ1) is 15.0. The van der Waals surface area contributed by atoms with Crippen molar-refractivity contribution in [3.05, 3.63) is 69.4 Å². The van der Waals surface area contributed by atoms with Crippen molar-refractivity contribution >= 4 is 5.69 Å². The Morgan fingerprint density at radius 3 is 2.71 bits per heavy atom. The molecule has 8 nitrogen and oxygen atoms in total. The smallest absolute Gasteiger partial charge is 0.315 e. The van der Waals surface area contributed by atoms with E-state index in [1.54, 1.807) is 6.07 Å². The number of nitro benzene ring substituents is 1. The average Bonchev–Trinajstić information content (AvgIpc) is 3.17. The quantitative estimate of drug-likeness (QED) is 0.450. The second-order valence-electron chi connectivity index (χ2n) is 7.93. The number of aromatic amines is 1. The third kappa shape index (κ3) is 4.39. The maximum Gasteiger partial charge on any atom is 0.315 e. The van der Waals surface area contributed by atoms with E-state index in [2.05, 4.69) is 27.2 Å². The number of ether oxygens (including phenoxy) is 2. The number of fused-ring (bicyclic) bond motifs is 1. The van der Waals surface area contributed by atoms with Crippen LogP contribution in [-0.2, 0) is 19.5 Å². The average molecular weight is 422 g/mol. The van der Waals surface area contributed by atoms with Crippen LogP contribution in [0.2, 0.25) is 0 Å². The summed E-state index contributed by atoms with van der Waals surface area (Å²) in [7, 11) is 1.48. The van der Waals surface area contributed by atoms with E-state index in [0.29, 0.717) is 17.0 Å². The zero-order chi connectivity index (χ0) is 22.0. The van der Waals surface area contributed by atoms with E-state index < -0.39 is 4.92 Å². The van der Waals surface area contributed by atoms with Crippen LogP contribution < -0.4 is 9.47 Å². The maximum atomic E-state index is 11.8. The number of rotatable bonds is 7. The van der Waals surface area contributed by atoms with Crippen molar-refractivity contribution in [2.45, 2.75) is 39.5 Å². The van der Waals surface area contributed by atoms with E-state index in [0.717, 1.165) is 37.3 Å². The van der Waals surface area contributed by atoms with Gasteiger partial charge in [0.1, 0.15) is 0 Å². The highest BCUT2D eigenvalue weighted by Crippen LogP contribution is 2.42. The van der Waals surface area contributed by atoms with Gasteiger partial charge in [0.25, 0.3) is 0 Å². The molecule has 1 N–H and O–H groups in total. The number of aromatic nitrogens is 2. The Morgan fingerprint density at radius 1 is 1.26 bits per heavy atom. The van der Waals surface area contributed by atoms with Crippen molar-refractivity contribution in [3.63, 3.8) is 0 Å². The fourth-order valence-electron chi connectivity index (χ4n) is 3.93. The molecule has 0 unspecified atom stereocenters. The fourth-order valence-corrected chi connectivity index (χ4v) is 3.93. The van der Waals surface area contributed by atoms with Gasteiger partial charge in [-0.05, 0) is 25.5 Å². The zero-order valence-electron chi connectivity index (χ0n) is 17.9. The highest BCUT2D eigenvalue weighted by molar-refractivity contribution is 5.73. The molecule has 31 heavy (non-hydrogen) atoms. The third-order valence-corrected chi connectivity index (χ3v) is 5.34. The van der Waals surface area contributed by atoms with E-state index in [-0.39, 0.29) is 17.5 Å². The van der Waals surface area contributed by atoms with Gasteiger partial charge in [0.05, 0.1) is 23.8 Å². The number of benzene rings is 2. The van der Waals surface area contributed by atoms with Gasteiger partial charge in [0.2, 0.25) is 5.75 Å². The van der Waals surface area contributed by atoms with Gasteiger partial charge < -0.3 is 9.47 Å². The number of nitrogens with zero attached hydrogens (tertiary/aromatic N) is 3. The zero-order valence-corrected chi connectivity index (χ0v) is 17.9. The molecule has 2 heterocycles. The molecule has 0 aliphatic carbocycles.